The summed E-state index contributed by atoms with van der Waals surface area (Å²) in [7, 11) is 2.93. The molecule has 0 amide bonds. The van der Waals surface area contributed by atoms with Gasteiger partial charge in [0.05, 0.1) is 57.8 Å². The fraction of sp³-hybridized carbons (Fsp3) is 0.226. The van der Waals surface area contributed by atoms with E-state index in [-0.39, 0.29) is 132 Å². The van der Waals surface area contributed by atoms with E-state index >= 15 is 17.6 Å². The SMILES string of the molecule is COCCn1c(Cc2cc(F)c(-c3cccc(OCc4ccc(C(F)(F)F)nc4C)n3)cc2F)nc2ccc(C(=O)OC(=O)c3ccc4nc(Cc5cc(F)c(-c6cccc(OCc7ccc(C(F)(F)F)nc7C)n6)cc5F)n(CCOC)c4c3)cc21. The smallest absolute Gasteiger partial charge is 0.433 e. The molecule has 0 fully saturated rings. The summed E-state index contributed by atoms with van der Waals surface area (Å²) in [4.78, 5) is 52.6. The molecule has 4 aromatic carbocycles. The molecule has 0 radical (unpaired) electrons. The lowest BCUT2D eigenvalue weighted by molar-refractivity contribution is -0.142. The molecule has 448 valence electrons. The average Bonchev–Trinajstić information content (AvgIpc) is 2.25. The van der Waals surface area contributed by atoms with Gasteiger partial charge in [-0.2, -0.15) is 26.3 Å². The molecule has 25 heteroatoms. The number of pyridine rings is 4. The lowest BCUT2D eigenvalue weighted by Crippen LogP contribution is -2.14. The van der Waals surface area contributed by atoms with Gasteiger partial charge in [-0.25, -0.2) is 57.1 Å². The van der Waals surface area contributed by atoms with E-state index in [1.165, 1.54) is 113 Å². The first-order chi connectivity index (χ1) is 41.5. The van der Waals surface area contributed by atoms with Crippen LogP contribution >= 0.6 is 0 Å². The number of aromatic nitrogens is 8. The summed E-state index contributed by atoms with van der Waals surface area (Å²) < 4.78 is 173. The molecule has 0 saturated carbocycles. The zero-order valence-electron chi connectivity index (χ0n) is 46.4. The highest BCUT2D eigenvalue weighted by atomic mass is 19.4. The minimum absolute atomic E-state index is 0.00417. The molecule has 0 atom stereocenters. The van der Waals surface area contributed by atoms with Gasteiger partial charge in [0.15, 0.2) is 0 Å². The highest BCUT2D eigenvalue weighted by Gasteiger charge is 2.34. The second kappa shape index (κ2) is 25.1. The van der Waals surface area contributed by atoms with Gasteiger partial charge < -0.3 is 32.8 Å². The normalized spacial score (nSPS) is 11.9. The van der Waals surface area contributed by atoms with Gasteiger partial charge >= 0.3 is 24.3 Å². The Morgan fingerprint density at radius 2 is 0.885 bits per heavy atom. The van der Waals surface area contributed by atoms with Crippen LogP contribution < -0.4 is 9.47 Å². The third-order valence-corrected chi connectivity index (χ3v) is 14.0. The second-order valence-corrected chi connectivity index (χ2v) is 19.8. The van der Waals surface area contributed by atoms with Crippen molar-refractivity contribution in [2.45, 2.75) is 65.3 Å². The molecule has 0 saturated heterocycles. The van der Waals surface area contributed by atoms with E-state index in [1.807, 2.05) is 0 Å². The van der Waals surface area contributed by atoms with Crippen LogP contribution in [-0.4, -0.2) is 78.4 Å². The first-order valence-corrected chi connectivity index (χ1v) is 26.5. The summed E-state index contributed by atoms with van der Waals surface area (Å²) in [6, 6.07) is 25.5. The number of fused-ring (bicyclic) bond motifs is 2. The second-order valence-electron chi connectivity index (χ2n) is 19.8. The Kier molecular flexibility index (Phi) is 17.5. The number of hydrogen-bond donors (Lipinski definition) is 0. The summed E-state index contributed by atoms with van der Waals surface area (Å²) in [6.45, 7) is 3.03. The average molecular weight is 1210 g/mol. The summed E-state index contributed by atoms with van der Waals surface area (Å²) in [5.41, 5.74) is -0.313. The highest BCUT2D eigenvalue weighted by molar-refractivity contribution is 6.05. The first-order valence-electron chi connectivity index (χ1n) is 26.5. The van der Waals surface area contributed by atoms with E-state index in [0.29, 0.717) is 33.2 Å². The van der Waals surface area contributed by atoms with E-state index in [9.17, 15) is 35.9 Å². The molecule has 6 aromatic heterocycles. The third kappa shape index (κ3) is 13.6. The number of imidazole rings is 2. The maximum absolute atomic E-state index is 16.0. The molecule has 15 nitrogen and oxygen atoms in total. The standard InChI is InChI=1S/C62H48F10N8O7/c1-33-37(13-17-53(73-33)61(67,68)69)31-85-57-9-5-7-47(77-57)41-29-43(63)39(23-45(41)65)27-55-75-49-15-11-35(25-51(49)79(55)19-21-83-3)59(81)87-60(82)36-12-16-50-52(26-36)80(20-22-84-4)56(76-50)28-40-24-46(66)42(30-44(40)64)48-8-6-10-58(78-48)86-32-38-14-18-54(62(70,71)72)74-34(38)2/h5-18,23-26,29-30H,19-22,27-28,31-32H2,1-4H3. The lowest BCUT2D eigenvalue weighted by atomic mass is 10.0. The molecule has 10 rings (SSSR count). The minimum Gasteiger partial charge on any atom is -0.473 e. The molecule has 0 N–H and O–H groups in total. The summed E-state index contributed by atoms with van der Waals surface area (Å²) >= 11 is 0. The zero-order valence-corrected chi connectivity index (χ0v) is 46.4. The predicted octanol–water partition coefficient (Wildman–Crippen LogP) is 13.1. The van der Waals surface area contributed by atoms with Crippen molar-refractivity contribution < 1.29 is 77.2 Å². The van der Waals surface area contributed by atoms with Crippen molar-refractivity contribution in [3.05, 3.63) is 212 Å². The van der Waals surface area contributed by atoms with E-state index in [2.05, 4.69) is 29.9 Å². The predicted molar refractivity (Wildman–Crippen MR) is 294 cm³/mol. The van der Waals surface area contributed by atoms with Crippen LogP contribution in [0.3, 0.4) is 0 Å². The van der Waals surface area contributed by atoms with Gasteiger partial charge in [-0.15, -0.1) is 0 Å². The Balaban J connectivity index is 0.827. The zero-order chi connectivity index (χ0) is 61.9. The monoisotopic (exact) mass is 1210 g/mol. The molecular formula is C62H48F10N8O7. The van der Waals surface area contributed by atoms with Crippen molar-refractivity contribution in [3.8, 4) is 34.3 Å². The van der Waals surface area contributed by atoms with Gasteiger partial charge in [0, 0.05) is 85.9 Å². The Labute approximate surface area is 488 Å². The molecule has 0 aliphatic carbocycles. The maximum atomic E-state index is 16.0. The van der Waals surface area contributed by atoms with Gasteiger partial charge in [0.25, 0.3) is 0 Å². The van der Waals surface area contributed by atoms with Crippen LogP contribution in [0, 0.1) is 37.1 Å². The van der Waals surface area contributed by atoms with Crippen LogP contribution in [0.1, 0.15) is 77.4 Å². The first kappa shape index (κ1) is 60.5. The van der Waals surface area contributed by atoms with Gasteiger partial charge in [-0.05, 0) is 110 Å². The van der Waals surface area contributed by atoms with Crippen molar-refractivity contribution in [2.24, 2.45) is 0 Å². The number of nitrogens with zero attached hydrogens (tertiary/aromatic N) is 8. The molecule has 0 aliphatic rings. The number of benzene rings is 4. The third-order valence-electron chi connectivity index (χ3n) is 14.0. The highest BCUT2D eigenvalue weighted by Crippen LogP contribution is 2.34. The van der Waals surface area contributed by atoms with Crippen molar-refractivity contribution >= 4 is 34.0 Å². The van der Waals surface area contributed by atoms with Gasteiger partial charge in [0.1, 0.15) is 59.5 Å². The minimum atomic E-state index is -4.62. The van der Waals surface area contributed by atoms with Crippen LogP contribution in [0.15, 0.2) is 121 Å². The Morgan fingerprint density at radius 3 is 1.26 bits per heavy atom. The number of hydrogen-bond acceptors (Lipinski definition) is 13. The largest absolute Gasteiger partial charge is 0.473 e. The van der Waals surface area contributed by atoms with E-state index in [0.717, 1.165) is 36.4 Å². The van der Waals surface area contributed by atoms with E-state index in [1.54, 1.807) is 9.13 Å². The number of halogens is 10. The van der Waals surface area contributed by atoms with Gasteiger partial charge in [-0.1, -0.05) is 24.3 Å². The summed E-state index contributed by atoms with van der Waals surface area (Å²) in [6.07, 6.45) is -9.68. The quantitative estimate of drug-likeness (QED) is 0.0402. The number of carbonyl (C=O) groups is 2. The summed E-state index contributed by atoms with van der Waals surface area (Å²) in [5, 5.41) is 0. The Hall–Kier alpha value is -9.62. The number of esters is 2. The van der Waals surface area contributed by atoms with Crippen molar-refractivity contribution in [1.82, 2.24) is 39.0 Å². The molecule has 0 unspecified atom stereocenters. The maximum Gasteiger partial charge on any atom is 0.433 e. The Morgan fingerprint density at radius 1 is 0.471 bits per heavy atom. The van der Waals surface area contributed by atoms with Gasteiger partial charge in [-0.3, -0.25) is 0 Å². The fourth-order valence-corrected chi connectivity index (χ4v) is 9.51. The summed E-state index contributed by atoms with van der Waals surface area (Å²) in [5.74, 6) is -4.78. The molecule has 0 bridgehead atoms. The van der Waals surface area contributed by atoms with E-state index < -0.39 is 58.9 Å². The van der Waals surface area contributed by atoms with Crippen molar-refractivity contribution in [1.29, 1.82) is 0 Å². The molecule has 87 heavy (non-hydrogen) atoms. The number of rotatable bonds is 20. The number of ether oxygens (including phenoxy) is 5. The Bertz CT molecular complexity index is 4000. The van der Waals surface area contributed by atoms with Crippen LogP contribution in [-0.2, 0) is 65.7 Å². The van der Waals surface area contributed by atoms with Crippen LogP contribution in [0.4, 0.5) is 43.9 Å². The molecule has 0 spiro atoms. The number of carbonyl (C=O) groups excluding carboxylic acids is 2. The van der Waals surface area contributed by atoms with Gasteiger partial charge in [0.2, 0.25) is 11.8 Å². The molecule has 0 aliphatic heterocycles. The molecular weight excluding hydrogens is 1160 g/mol. The fourth-order valence-electron chi connectivity index (χ4n) is 9.51. The van der Waals surface area contributed by atoms with Crippen molar-refractivity contribution in [3.63, 3.8) is 0 Å². The number of alkyl halides is 6. The number of aryl methyl sites for hydroxylation is 2. The van der Waals surface area contributed by atoms with Crippen LogP contribution in [0.2, 0.25) is 0 Å². The van der Waals surface area contributed by atoms with Crippen LogP contribution in [0.5, 0.6) is 11.8 Å². The molecule has 6 heterocycles. The van der Waals surface area contributed by atoms with Crippen LogP contribution in [0.25, 0.3) is 44.6 Å². The topological polar surface area (TPSA) is 167 Å². The van der Waals surface area contributed by atoms with E-state index in [4.69, 9.17) is 23.7 Å². The number of methoxy groups -OCH3 is 2. The van der Waals surface area contributed by atoms with Crippen molar-refractivity contribution in [2.75, 3.05) is 27.4 Å². The lowest BCUT2D eigenvalue weighted by Gasteiger charge is -2.13. The molecule has 10 aromatic rings.